The fourth-order valence-corrected chi connectivity index (χ4v) is 2.41. The van der Waals surface area contributed by atoms with Crippen LogP contribution in [0, 0.1) is 6.92 Å². The van der Waals surface area contributed by atoms with E-state index in [0.29, 0.717) is 6.54 Å². The van der Waals surface area contributed by atoms with Crippen LogP contribution >= 0.6 is 11.3 Å². The highest BCUT2D eigenvalue weighted by atomic mass is 32.1. The summed E-state index contributed by atoms with van der Waals surface area (Å²) >= 11 is 1.59. The number of amides is 2. The first-order valence-corrected chi connectivity index (χ1v) is 6.11. The summed E-state index contributed by atoms with van der Waals surface area (Å²) in [6.07, 6.45) is -0.118. The zero-order valence-corrected chi connectivity index (χ0v) is 10.8. The lowest BCUT2D eigenvalue weighted by Gasteiger charge is -2.20. The molecule has 0 spiro atoms. The molecule has 5 nitrogen and oxygen atoms in total. The summed E-state index contributed by atoms with van der Waals surface area (Å²) in [5.41, 5.74) is 11.8. The van der Waals surface area contributed by atoms with E-state index in [9.17, 15) is 9.59 Å². The molecule has 0 aliphatic carbocycles. The van der Waals surface area contributed by atoms with Gasteiger partial charge in [0.25, 0.3) is 0 Å². The van der Waals surface area contributed by atoms with Crippen LogP contribution < -0.4 is 11.5 Å². The van der Waals surface area contributed by atoms with E-state index in [4.69, 9.17) is 11.5 Å². The van der Waals surface area contributed by atoms with E-state index in [1.165, 1.54) is 4.90 Å². The number of hydrogen-bond acceptors (Lipinski definition) is 4. The molecule has 1 aromatic heterocycles. The molecule has 1 unspecified atom stereocenters. The molecule has 1 rings (SSSR count). The van der Waals surface area contributed by atoms with E-state index in [-0.39, 0.29) is 12.3 Å². The maximum atomic E-state index is 11.8. The number of hydrogen-bond donors (Lipinski definition) is 2. The Bertz CT molecular complexity index is 417. The molecule has 17 heavy (non-hydrogen) atoms. The Morgan fingerprint density at radius 3 is 2.65 bits per heavy atom. The average Bonchev–Trinajstić information content (AvgIpc) is 2.62. The van der Waals surface area contributed by atoms with Crippen molar-refractivity contribution in [2.75, 3.05) is 7.05 Å². The minimum absolute atomic E-state index is 0.118. The van der Waals surface area contributed by atoms with Crippen LogP contribution in [0.3, 0.4) is 0 Å². The molecule has 1 aromatic rings. The standard InChI is InChI=1S/C11H17N3O2S/c1-7-3-4-17-9(7)6-14(2)11(16)8(12)5-10(13)15/h3-4,8H,5-6,12H2,1-2H3,(H2,13,15). The van der Waals surface area contributed by atoms with Crippen LogP contribution in [0.4, 0.5) is 0 Å². The van der Waals surface area contributed by atoms with Crippen LogP contribution in [0.25, 0.3) is 0 Å². The molecule has 0 radical (unpaired) electrons. The van der Waals surface area contributed by atoms with E-state index < -0.39 is 11.9 Å². The second-order valence-electron chi connectivity index (χ2n) is 4.00. The largest absolute Gasteiger partial charge is 0.370 e. The third-order valence-electron chi connectivity index (χ3n) is 2.46. The Morgan fingerprint density at radius 1 is 1.53 bits per heavy atom. The van der Waals surface area contributed by atoms with Crippen LogP contribution in [0.1, 0.15) is 16.9 Å². The van der Waals surface area contributed by atoms with Crippen molar-refractivity contribution in [1.82, 2.24) is 4.90 Å². The lowest BCUT2D eigenvalue weighted by molar-refractivity contribution is -0.133. The van der Waals surface area contributed by atoms with Gasteiger partial charge in [-0.25, -0.2) is 0 Å². The van der Waals surface area contributed by atoms with Crippen molar-refractivity contribution in [1.29, 1.82) is 0 Å². The van der Waals surface area contributed by atoms with Crippen molar-refractivity contribution in [2.45, 2.75) is 25.9 Å². The van der Waals surface area contributed by atoms with Crippen molar-refractivity contribution in [3.05, 3.63) is 21.9 Å². The van der Waals surface area contributed by atoms with Crippen molar-refractivity contribution >= 4 is 23.2 Å². The van der Waals surface area contributed by atoms with Gasteiger partial charge in [0.1, 0.15) is 0 Å². The molecule has 0 bridgehead atoms. The first-order valence-electron chi connectivity index (χ1n) is 5.23. The summed E-state index contributed by atoms with van der Waals surface area (Å²) in [6, 6.07) is 1.15. The minimum atomic E-state index is -0.849. The van der Waals surface area contributed by atoms with E-state index in [1.54, 1.807) is 18.4 Å². The van der Waals surface area contributed by atoms with Gasteiger partial charge in [0, 0.05) is 11.9 Å². The molecular weight excluding hydrogens is 238 g/mol. The highest BCUT2D eigenvalue weighted by Crippen LogP contribution is 2.17. The number of carbonyl (C=O) groups excluding carboxylic acids is 2. The predicted molar refractivity (Wildman–Crippen MR) is 67.3 cm³/mol. The predicted octanol–water partition coefficient (Wildman–Crippen LogP) is 0.218. The van der Waals surface area contributed by atoms with Gasteiger partial charge < -0.3 is 16.4 Å². The first-order chi connectivity index (χ1) is 7.91. The Morgan fingerprint density at radius 2 is 2.18 bits per heavy atom. The maximum Gasteiger partial charge on any atom is 0.240 e. The molecule has 6 heteroatoms. The summed E-state index contributed by atoms with van der Waals surface area (Å²) < 4.78 is 0. The first kappa shape index (κ1) is 13.7. The second-order valence-corrected chi connectivity index (χ2v) is 5.00. The van der Waals surface area contributed by atoms with Gasteiger partial charge in [0.05, 0.1) is 19.0 Å². The number of thiophene rings is 1. The number of rotatable bonds is 5. The minimum Gasteiger partial charge on any atom is -0.370 e. The van der Waals surface area contributed by atoms with E-state index in [2.05, 4.69) is 0 Å². The van der Waals surface area contributed by atoms with Gasteiger partial charge in [-0.2, -0.15) is 0 Å². The van der Waals surface area contributed by atoms with Gasteiger partial charge in [-0.3, -0.25) is 9.59 Å². The molecule has 0 saturated heterocycles. The van der Waals surface area contributed by atoms with Crippen molar-refractivity contribution in [2.24, 2.45) is 11.5 Å². The molecule has 4 N–H and O–H groups in total. The third kappa shape index (κ3) is 3.83. The van der Waals surface area contributed by atoms with Crippen molar-refractivity contribution < 1.29 is 9.59 Å². The number of nitrogens with zero attached hydrogens (tertiary/aromatic N) is 1. The molecular formula is C11H17N3O2S. The summed E-state index contributed by atoms with van der Waals surface area (Å²) in [5.74, 6) is -0.830. The molecule has 0 aliphatic heterocycles. The van der Waals surface area contributed by atoms with E-state index in [0.717, 1.165) is 10.4 Å². The lowest BCUT2D eigenvalue weighted by Crippen LogP contribution is -2.43. The number of carbonyl (C=O) groups is 2. The van der Waals surface area contributed by atoms with Crippen LogP contribution in [-0.4, -0.2) is 29.8 Å². The van der Waals surface area contributed by atoms with Gasteiger partial charge >= 0.3 is 0 Å². The summed E-state index contributed by atoms with van der Waals surface area (Å²) in [5, 5.41) is 1.98. The Balaban J connectivity index is 2.58. The zero-order chi connectivity index (χ0) is 13.0. The normalized spacial score (nSPS) is 12.2. The zero-order valence-electron chi connectivity index (χ0n) is 9.97. The van der Waals surface area contributed by atoms with Crippen LogP contribution in [0.2, 0.25) is 0 Å². The Hall–Kier alpha value is -1.40. The van der Waals surface area contributed by atoms with Gasteiger partial charge in [-0.15, -0.1) is 11.3 Å². The Kier molecular flexibility index (Phi) is 4.65. The molecule has 0 saturated carbocycles. The van der Waals surface area contributed by atoms with Gasteiger partial charge in [0.15, 0.2) is 0 Å². The van der Waals surface area contributed by atoms with Crippen molar-refractivity contribution in [3.8, 4) is 0 Å². The molecule has 0 fully saturated rings. The second kappa shape index (κ2) is 5.79. The molecule has 0 aliphatic rings. The van der Waals surface area contributed by atoms with Gasteiger partial charge in [-0.05, 0) is 23.9 Å². The molecule has 1 atom stereocenters. The molecule has 94 valence electrons. The Labute approximate surface area is 104 Å². The van der Waals surface area contributed by atoms with Crippen LogP contribution in [-0.2, 0) is 16.1 Å². The summed E-state index contributed by atoms with van der Waals surface area (Å²) in [7, 11) is 1.67. The van der Waals surface area contributed by atoms with E-state index in [1.807, 2.05) is 18.4 Å². The summed E-state index contributed by atoms with van der Waals surface area (Å²) in [6.45, 7) is 2.50. The number of primary amides is 1. The lowest BCUT2D eigenvalue weighted by atomic mass is 10.2. The third-order valence-corrected chi connectivity index (χ3v) is 3.47. The van der Waals surface area contributed by atoms with Gasteiger partial charge in [-0.1, -0.05) is 0 Å². The van der Waals surface area contributed by atoms with Crippen LogP contribution in [0.5, 0.6) is 0 Å². The van der Waals surface area contributed by atoms with Crippen LogP contribution in [0.15, 0.2) is 11.4 Å². The highest BCUT2D eigenvalue weighted by molar-refractivity contribution is 7.10. The fourth-order valence-electron chi connectivity index (χ4n) is 1.45. The average molecular weight is 255 g/mol. The smallest absolute Gasteiger partial charge is 0.240 e. The monoisotopic (exact) mass is 255 g/mol. The van der Waals surface area contributed by atoms with Crippen molar-refractivity contribution in [3.63, 3.8) is 0 Å². The number of likely N-dealkylation sites (N-methyl/N-ethyl adjacent to an activating group) is 1. The summed E-state index contributed by atoms with van der Waals surface area (Å²) in [4.78, 5) is 25.1. The molecule has 1 heterocycles. The SMILES string of the molecule is Cc1ccsc1CN(C)C(=O)C(N)CC(N)=O. The van der Waals surface area contributed by atoms with E-state index >= 15 is 0 Å². The number of aryl methyl sites for hydroxylation is 1. The highest BCUT2D eigenvalue weighted by Gasteiger charge is 2.20. The molecule has 2 amide bonds. The number of nitrogens with two attached hydrogens (primary N) is 2. The molecule has 0 aromatic carbocycles. The van der Waals surface area contributed by atoms with Gasteiger partial charge in [0.2, 0.25) is 11.8 Å². The quantitative estimate of drug-likeness (QED) is 0.788. The topological polar surface area (TPSA) is 89.4 Å². The fraction of sp³-hybridized carbons (Fsp3) is 0.455. The maximum absolute atomic E-state index is 11.8.